The summed E-state index contributed by atoms with van der Waals surface area (Å²) in [7, 11) is 1.51. The minimum Gasteiger partial charge on any atom is -0.495 e. The van der Waals surface area contributed by atoms with Gasteiger partial charge in [0.05, 0.1) is 25.0 Å². The number of hydrogen-bond donors (Lipinski definition) is 1. The fraction of sp³-hybridized carbons (Fsp3) is 0.500. The standard InChI is InChI=1S/C12H15BrF2N2O/c1-18-11-6-10(8(13)5-9(11)16)17-4-2-3-12(14,15)7-17/h5-6H,2-4,7,16H2,1H3. The first-order valence-corrected chi connectivity index (χ1v) is 6.48. The van der Waals surface area contributed by atoms with E-state index >= 15 is 0 Å². The molecule has 0 aliphatic carbocycles. The second-order valence-corrected chi connectivity index (χ2v) is 5.28. The molecule has 2 rings (SSSR count). The molecule has 1 aromatic rings. The Balaban J connectivity index is 2.32. The lowest BCUT2D eigenvalue weighted by molar-refractivity contribution is -0.0117. The summed E-state index contributed by atoms with van der Waals surface area (Å²) in [5.41, 5.74) is 6.94. The predicted molar refractivity (Wildman–Crippen MR) is 71.5 cm³/mol. The van der Waals surface area contributed by atoms with E-state index in [9.17, 15) is 8.78 Å². The summed E-state index contributed by atoms with van der Waals surface area (Å²) in [4.78, 5) is 1.66. The van der Waals surface area contributed by atoms with Crippen molar-refractivity contribution in [2.45, 2.75) is 18.8 Å². The van der Waals surface area contributed by atoms with Crippen LogP contribution < -0.4 is 15.4 Å². The van der Waals surface area contributed by atoms with Gasteiger partial charge < -0.3 is 15.4 Å². The number of nitrogens with zero attached hydrogens (tertiary/aromatic N) is 1. The first-order chi connectivity index (χ1) is 8.43. The minimum absolute atomic E-state index is 0.0484. The van der Waals surface area contributed by atoms with Gasteiger partial charge in [-0.05, 0) is 28.4 Å². The minimum atomic E-state index is -2.63. The number of methoxy groups -OCH3 is 1. The Bertz CT molecular complexity index is 454. The molecule has 3 nitrogen and oxygen atoms in total. The highest BCUT2D eigenvalue weighted by molar-refractivity contribution is 9.10. The molecule has 6 heteroatoms. The van der Waals surface area contributed by atoms with Gasteiger partial charge in [0.1, 0.15) is 5.75 Å². The highest BCUT2D eigenvalue weighted by Crippen LogP contribution is 2.38. The van der Waals surface area contributed by atoms with Crippen LogP contribution in [-0.2, 0) is 0 Å². The highest BCUT2D eigenvalue weighted by atomic mass is 79.9. The maximum absolute atomic E-state index is 13.4. The Labute approximate surface area is 113 Å². The zero-order valence-corrected chi connectivity index (χ0v) is 11.6. The summed E-state index contributed by atoms with van der Waals surface area (Å²) in [5, 5.41) is 0. The van der Waals surface area contributed by atoms with Crippen molar-refractivity contribution >= 4 is 27.3 Å². The molecule has 1 saturated heterocycles. The maximum Gasteiger partial charge on any atom is 0.265 e. The van der Waals surface area contributed by atoms with E-state index in [4.69, 9.17) is 10.5 Å². The molecule has 1 aliphatic heterocycles. The van der Waals surface area contributed by atoms with E-state index in [1.54, 1.807) is 17.0 Å². The predicted octanol–water partition coefficient (Wildman–Crippen LogP) is 3.28. The Morgan fingerprint density at radius 3 is 2.78 bits per heavy atom. The van der Waals surface area contributed by atoms with Gasteiger partial charge in [0.15, 0.2) is 0 Å². The molecule has 0 aromatic heterocycles. The number of benzene rings is 1. The molecular weight excluding hydrogens is 306 g/mol. The van der Waals surface area contributed by atoms with E-state index in [1.165, 1.54) is 7.11 Å². The number of anilines is 2. The van der Waals surface area contributed by atoms with E-state index in [0.29, 0.717) is 34.6 Å². The van der Waals surface area contributed by atoms with Gasteiger partial charge in [-0.3, -0.25) is 0 Å². The van der Waals surface area contributed by atoms with Crippen molar-refractivity contribution < 1.29 is 13.5 Å². The summed E-state index contributed by atoms with van der Waals surface area (Å²) >= 11 is 3.36. The Hall–Kier alpha value is -1.04. The van der Waals surface area contributed by atoms with E-state index in [2.05, 4.69) is 15.9 Å². The van der Waals surface area contributed by atoms with E-state index in [-0.39, 0.29) is 13.0 Å². The molecule has 0 amide bonds. The summed E-state index contributed by atoms with van der Waals surface area (Å²) in [5.74, 6) is -2.13. The Morgan fingerprint density at radius 2 is 2.17 bits per heavy atom. The largest absolute Gasteiger partial charge is 0.495 e. The number of nitrogen functional groups attached to an aromatic ring is 1. The lowest BCUT2D eigenvalue weighted by Gasteiger charge is -2.34. The van der Waals surface area contributed by atoms with Crippen molar-refractivity contribution in [3.8, 4) is 5.75 Å². The summed E-state index contributed by atoms with van der Waals surface area (Å²) < 4.78 is 32.7. The number of halogens is 3. The molecule has 0 radical (unpaired) electrons. The van der Waals surface area contributed by atoms with Crippen LogP contribution in [0.25, 0.3) is 0 Å². The van der Waals surface area contributed by atoms with Crippen molar-refractivity contribution in [1.82, 2.24) is 0 Å². The van der Waals surface area contributed by atoms with Crippen molar-refractivity contribution in [2.75, 3.05) is 30.8 Å². The first kappa shape index (κ1) is 13.4. The van der Waals surface area contributed by atoms with Crippen molar-refractivity contribution in [3.63, 3.8) is 0 Å². The van der Waals surface area contributed by atoms with Crippen LogP contribution in [0, 0.1) is 0 Å². The van der Waals surface area contributed by atoms with Crippen molar-refractivity contribution in [2.24, 2.45) is 0 Å². The second-order valence-electron chi connectivity index (χ2n) is 4.43. The molecule has 100 valence electrons. The SMILES string of the molecule is COc1cc(N2CCCC(F)(F)C2)c(Br)cc1N. The van der Waals surface area contributed by atoms with Gasteiger partial charge >= 0.3 is 0 Å². The molecule has 0 atom stereocenters. The number of nitrogens with two attached hydrogens (primary N) is 1. The van der Waals surface area contributed by atoms with Crippen LogP contribution in [0.4, 0.5) is 20.2 Å². The zero-order chi connectivity index (χ0) is 13.3. The van der Waals surface area contributed by atoms with Gasteiger partial charge in [0.2, 0.25) is 0 Å². The molecule has 1 fully saturated rings. The van der Waals surface area contributed by atoms with E-state index in [0.717, 1.165) is 0 Å². The highest BCUT2D eigenvalue weighted by Gasteiger charge is 2.35. The van der Waals surface area contributed by atoms with Crippen LogP contribution in [0.15, 0.2) is 16.6 Å². The van der Waals surface area contributed by atoms with Crippen LogP contribution in [0.5, 0.6) is 5.75 Å². The van der Waals surface area contributed by atoms with Crippen LogP contribution in [0.1, 0.15) is 12.8 Å². The molecule has 1 aromatic carbocycles. The average Bonchev–Trinajstić information content (AvgIpc) is 2.27. The third kappa shape index (κ3) is 2.68. The molecular formula is C12H15BrF2N2O. The van der Waals surface area contributed by atoms with Gasteiger partial charge in [-0.15, -0.1) is 0 Å². The van der Waals surface area contributed by atoms with Gasteiger partial charge in [0, 0.05) is 23.5 Å². The number of hydrogen-bond acceptors (Lipinski definition) is 3. The van der Waals surface area contributed by atoms with Crippen LogP contribution in [-0.4, -0.2) is 26.1 Å². The normalized spacial score (nSPS) is 18.8. The smallest absolute Gasteiger partial charge is 0.265 e. The fourth-order valence-electron chi connectivity index (χ4n) is 2.15. The molecule has 1 heterocycles. The quantitative estimate of drug-likeness (QED) is 0.850. The summed E-state index contributed by atoms with van der Waals surface area (Å²) in [6.45, 7) is 0.347. The van der Waals surface area contributed by atoms with Crippen molar-refractivity contribution in [3.05, 3.63) is 16.6 Å². The molecule has 18 heavy (non-hydrogen) atoms. The Kier molecular flexibility index (Phi) is 3.66. The fourth-order valence-corrected chi connectivity index (χ4v) is 2.76. The van der Waals surface area contributed by atoms with Gasteiger partial charge in [-0.2, -0.15) is 0 Å². The third-order valence-corrected chi connectivity index (χ3v) is 3.67. The topological polar surface area (TPSA) is 38.5 Å². The molecule has 0 saturated carbocycles. The number of ether oxygens (including phenoxy) is 1. The monoisotopic (exact) mass is 320 g/mol. The van der Waals surface area contributed by atoms with Gasteiger partial charge in [-0.1, -0.05) is 0 Å². The first-order valence-electron chi connectivity index (χ1n) is 5.69. The van der Waals surface area contributed by atoms with Crippen LogP contribution in [0.3, 0.4) is 0 Å². The molecule has 2 N–H and O–H groups in total. The average molecular weight is 321 g/mol. The molecule has 0 bridgehead atoms. The summed E-state index contributed by atoms with van der Waals surface area (Å²) in [6.07, 6.45) is 0.430. The summed E-state index contributed by atoms with van der Waals surface area (Å²) in [6, 6.07) is 3.38. The maximum atomic E-state index is 13.4. The van der Waals surface area contributed by atoms with Gasteiger partial charge in [0.25, 0.3) is 5.92 Å². The Morgan fingerprint density at radius 1 is 1.44 bits per heavy atom. The van der Waals surface area contributed by atoms with Crippen molar-refractivity contribution in [1.29, 1.82) is 0 Å². The number of piperidine rings is 1. The molecule has 0 spiro atoms. The third-order valence-electron chi connectivity index (χ3n) is 3.03. The van der Waals surface area contributed by atoms with Crippen LogP contribution >= 0.6 is 15.9 Å². The van der Waals surface area contributed by atoms with Gasteiger partial charge in [-0.25, -0.2) is 8.78 Å². The number of alkyl halides is 2. The molecule has 1 aliphatic rings. The second kappa shape index (κ2) is 4.91. The lowest BCUT2D eigenvalue weighted by Crippen LogP contribution is -2.42. The van der Waals surface area contributed by atoms with Crippen LogP contribution in [0.2, 0.25) is 0 Å². The molecule has 0 unspecified atom stereocenters. The number of rotatable bonds is 2. The zero-order valence-electron chi connectivity index (χ0n) is 10.0. The van der Waals surface area contributed by atoms with E-state index < -0.39 is 5.92 Å². The lowest BCUT2D eigenvalue weighted by atomic mass is 10.1. The van der Waals surface area contributed by atoms with E-state index in [1.807, 2.05) is 0 Å².